The minimum atomic E-state index is 0.652. The van der Waals surface area contributed by atoms with Gasteiger partial charge in [0.05, 0.1) is 11.1 Å². The summed E-state index contributed by atoms with van der Waals surface area (Å²) in [7, 11) is 1.85. The van der Waals surface area contributed by atoms with E-state index in [9.17, 15) is 0 Å². The van der Waals surface area contributed by atoms with Crippen molar-refractivity contribution < 1.29 is 0 Å². The highest BCUT2D eigenvalue weighted by Crippen LogP contribution is 2.29. The number of fused-ring (bicyclic) bond motifs is 1. The summed E-state index contributed by atoms with van der Waals surface area (Å²) < 4.78 is 2.09. The number of aromatic nitrogens is 4. The Labute approximate surface area is 148 Å². The van der Waals surface area contributed by atoms with Crippen LogP contribution in [-0.2, 0) is 6.54 Å². The van der Waals surface area contributed by atoms with E-state index in [0.717, 1.165) is 61.5 Å². The van der Waals surface area contributed by atoms with Gasteiger partial charge in [0.15, 0.2) is 5.65 Å². The molecule has 1 aliphatic heterocycles. The molecule has 25 heavy (non-hydrogen) atoms. The van der Waals surface area contributed by atoms with Gasteiger partial charge in [0.25, 0.3) is 0 Å². The van der Waals surface area contributed by atoms with Gasteiger partial charge in [-0.05, 0) is 56.7 Å². The van der Waals surface area contributed by atoms with Gasteiger partial charge in [0.1, 0.15) is 0 Å². The van der Waals surface area contributed by atoms with Crippen LogP contribution in [0.15, 0.2) is 24.4 Å². The van der Waals surface area contributed by atoms with E-state index in [1.54, 1.807) is 0 Å². The Morgan fingerprint density at radius 2 is 2.20 bits per heavy atom. The second-order valence-corrected chi connectivity index (χ2v) is 6.89. The average molecular weight is 338 g/mol. The van der Waals surface area contributed by atoms with E-state index < -0.39 is 0 Å². The van der Waals surface area contributed by atoms with Gasteiger partial charge in [0.2, 0.25) is 5.95 Å². The van der Waals surface area contributed by atoms with Crippen LogP contribution in [0.1, 0.15) is 37.8 Å². The van der Waals surface area contributed by atoms with Crippen LogP contribution >= 0.6 is 0 Å². The zero-order chi connectivity index (χ0) is 17.1. The van der Waals surface area contributed by atoms with Crippen molar-refractivity contribution in [2.45, 2.75) is 38.6 Å². The second-order valence-electron chi connectivity index (χ2n) is 6.89. The van der Waals surface area contributed by atoms with Gasteiger partial charge in [-0.25, -0.2) is 9.67 Å². The van der Waals surface area contributed by atoms with E-state index in [4.69, 9.17) is 10.1 Å². The minimum Gasteiger partial charge on any atom is -0.357 e. The van der Waals surface area contributed by atoms with Gasteiger partial charge in [-0.3, -0.25) is 0 Å². The van der Waals surface area contributed by atoms with Gasteiger partial charge in [-0.15, -0.1) is 0 Å². The molecule has 1 fully saturated rings. The molecule has 0 atom stereocenters. The highest BCUT2D eigenvalue weighted by Gasteiger charge is 2.19. The average Bonchev–Trinajstić information content (AvgIpc) is 3.05. The molecule has 4 rings (SSSR count). The lowest BCUT2D eigenvalue weighted by Gasteiger charge is -2.22. The number of hydrogen-bond donors (Lipinski definition) is 2. The summed E-state index contributed by atoms with van der Waals surface area (Å²) >= 11 is 0. The molecular formula is C19H26N6. The molecule has 2 aliphatic rings. The third-order valence-electron chi connectivity index (χ3n) is 5.24. The van der Waals surface area contributed by atoms with Crippen molar-refractivity contribution in [2.24, 2.45) is 5.92 Å². The second kappa shape index (κ2) is 7.35. The number of rotatable bonds is 5. The largest absolute Gasteiger partial charge is 0.357 e. The molecule has 0 amide bonds. The van der Waals surface area contributed by atoms with E-state index >= 15 is 0 Å². The van der Waals surface area contributed by atoms with E-state index in [2.05, 4.69) is 38.5 Å². The van der Waals surface area contributed by atoms with Crippen molar-refractivity contribution in [1.29, 1.82) is 0 Å². The van der Waals surface area contributed by atoms with Crippen LogP contribution in [0.3, 0.4) is 0 Å². The van der Waals surface area contributed by atoms with E-state index in [-0.39, 0.29) is 0 Å². The number of nitrogens with one attached hydrogen (secondary N) is 2. The van der Waals surface area contributed by atoms with Crippen molar-refractivity contribution in [3.63, 3.8) is 0 Å². The number of nitrogens with zero attached hydrogens (tertiary/aromatic N) is 4. The molecule has 6 nitrogen and oxygen atoms in total. The summed E-state index contributed by atoms with van der Waals surface area (Å²) in [4.78, 5) is 9.11. The third-order valence-corrected chi connectivity index (χ3v) is 5.24. The summed E-state index contributed by atoms with van der Waals surface area (Å²) in [5, 5.41) is 12.5. The van der Waals surface area contributed by atoms with Crippen LogP contribution in [0.2, 0.25) is 0 Å². The van der Waals surface area contributed by atoms with E-state index in [1.807, 2.05) is 13.2 Å². The monoisotopic (exact) mass is 338 g/mol. The predicted molar refractivity (Wildman–Crippen MR) is 101 cm³/mol. The molecule has 1 saturated heterocycles. The summed E-state index contributed by atoms with van der Waals surface area (Å²) in [6.45, 7) is 3.20. The number of hydrogen-bond acceptors (Lipinski definition) is 5. The van der Waals surface area contributed by atoms with Crippen molar-refractivity contribution in [3.8, 4) is 0 Å². The Hall–Kier alpha value is -2.21. The zero-order valence-electron chi connectivity index (χ0n) is 14.8. The number of allylic oxidation sites excluding steroid dienone is 4. The van der Waals surface area contributed by atoms with Gasteiger partial charge >= 0.3 is 0 Å². The molecule has 0 radical (unpaired) electrons. The highest BCUT2D eigenvalue weighted by atomic mass is 15.3. The lowest BCUT2D eigenvalue weighted by Crippen LogP contribution is -2.28. The summed E-state index contributed by atoms with van der Waals surface area (Å²) in [5.74, 6) is 1.44. The molecule has 0 bridgehead atoms. The van der Waals surface area contributed by atoms with E-state index in [0.29, 0.717) is 5.95 Å². The Morgan fingerprint density at radius 1 is 1.32 bits per heavy atom. The van der Waals surface area contributed by atoms with Crippen LogP contribution < -0.4 is 10.6 Å². The first-order chi connectivity index (χ1) is 12.3. The summed E-state index contributed by atoms with van der Waals surface area (Å²) in [5.41, 5.74) is 3.28. The number of piperidine rings is 1. The van der Waals surface area contributed by atoms with Gasteiger partial charge in [-0.1, -0.05) is 18.2 Å². The third kappa shape index (κ3) is 3.44. The fourth-order valence-corrected chi connectivity index (χ4v) is 3.75. The highest BCUT2D eigenvalue weighted by molar-refractivity contribution is 5.89. The van der Waals surface area contributed by atoms with Crippen molar-refractivity contribution in [2.75, 3.05) is 25.5 Å². The Morgan fingerprint density at radius 3 is 2.96 bits per heavy atom. The SMILES string of the molecule is CNc1ncc2c(C3=CC=CCC3)nn(CCC3CCNCC3)c2n1. The maximum Gasteiger partial charge on any atom is 0.224 e. The molecule has 0 unspecified atom stereocenters. The lowest BCUT2D eigenvalue weighted by atomic mass is 9.95. The molecule has 0 saturated carbocycles. The normalized spacial score (nSPS) is 18.5. The van der Waals surface area contributed by atoms with Gasteiger partial charge < -0.3 is 10.6 Å². The molecule has 2 aromatic rings. The Balaban J connectivity index is 1.66. The van der Waals surface area contributed by atoms with Crippen LogP contribution in [0.5, 0.6) is 0 Å². The molecule has 2 aromatic heterocycles. The lowest BCUT2D eigenvalue weighted by molar-refractivity contribution is 0.333. The van der Waals surface area contributed by atoms with Crippen molar-refractivity contribution in [1.82, 2.24) is 25.1 Å². The first-order valence-electron chi connectivity index (χ1n) is 9.33. The minimum absolute atomic E-state index is 0.652. The molecule has 132 valence electrons. The number of anilines is 1. The standard InChI is InChI=1S/C19H26N6/c1-20-19-22-13-16-17(15-5-3-2-4-6-15)24-25(18(16)23-19)12-9-14-7-10-21-11-8-14/h2-3,5,13-14,21H,4,6-12H2,1H3,(H,20,22,23). The molecule has 6 heteroatoms. The molecule has 0 spiro atoms. The fourth-order valence-electron chi connectivity index (χ4n) is 3.75. The zero-order valence-corrected chi connectivity index (χ0v) is 14.8. The summed E-state index contributed by atoms with van der Waals surface area (Å²) in [6.07, 6.45) is 14.2. The quantitative estimate of drug-likeness (QED) is 0.877. The molecular weight excluding hydrogens is 312 g/mol. The van der Waals surface area contributed by atoms with Crippen LogP contribution in [-0.4, -0.2) is 39.9 Å². The fraction of sp³-hybridized carbons (Fsp3) is 0.526. The predicted octanol–water partition coefficient (Wildman–Crippen LogP) is 2.99. The van der Waals surface area contributed by atoms with Gasteiger partial charge in [0, 0.05) is 19.8 Å². The topological polar surface area (TPSA) is 67.7 Å². The molecule has 2 N–H and O–H groups in total. The van der Waals surface area contributed by atoms with Gasteiger partial charge in [-0.2, -0.15) is 10.1 Å². The maximum absolute atomic E-state index is 4.94. The van der Waals surface area contributed by atoms with Crippen LogP contribution in [0, 0.1) is 5.92 Å². The molecule has 1 aliphatic carbocycles. The van der Waals surface area contributed by atoms with Crippen molar-refractivity contribution in [3.05, 3.63) is 30.1 Å². The van der Waals surface area contributed by atoms with Crippen LogP contribution in [0.25, 0.3) is 16.6 Å². The first-order valence-corrected chi connectivity index (χ1v) is 9.33. The number of aryl methyl sites for hydroxylation is 1. The van der Waals surface area contributed by atoms with E-state index in [1.165, 1.54) is 18.4 Å². The van der Waals surface area contributed by atoms with Crippen LogP contribution in [0.4, 0.5) is 5.95 Å². The molecule has 0 aromatic carbocycles. The summed E-state index contributed by atoms with van der Waals surface area (Å²) in [6, 6.07) is 0. The Kier molecular flexibility index (Phi) is 4.78. The van der Waals surface area contributed by atoms with Crippen molar-refractivity contribution >= 4 is 22.6 Å². The maximum atomic E-state index is 4.94. The first kappa shape index (κ1) is 16.3. The molecule has 3 heterocycles. The Bertz CT molecular complexity index is 798. The smallest absolute Gasteiger partial charge is 0.224 e.